The molecule has 0 aromatic heterocycles. The number of amides is 1. The summed E-state index contributed by atoms with van der Waals surface area (Å²) in [5.41, 5.74) is 1.59. The Kier molecular flexibility index (Phi) is 8.40. The van der Waals surface area contributed by atoms with E-state index in [1.807, 2.05) is 24.3 Å². The van der Waals surface area contributed by atoms with Gasteiger partial charge in [0.15, 0.2) is 11.5 Å². The maximum atomic E-state index is 12.7. The Labute approximate surface area is 184 Å². The van der Waals surface area contributed by atoms with E-state index in [9.17, 15) is 4.79 Å². The molecule has 6 heteroatoms. The van der Waals surface area contributed by atoms with Gasteiger partial charge in [0, 0.05) is 29.7 Å². The van der Waals surface area contributed by atoms with Crippen molar-refractivity contribution in [3.63, 3.8) is 0 Å². The molecule has 2 aromatic rings. The lowest BCUT2D eigenvalue weighted by atomic mass is 10.0. The Morgan fingerprint density at radius 1 is 1.13 bits per heavy atom. The van der Waals surface area contributed by atoms with Gasteiger partial charge in [-0.05, 0) is 61.7 Å². The van der Waals surface area contributed by atoms with Crippen molar-refractivity contribution in [2.75, 3.05) is 26.7 Å². The molecule has 162 valence electrons. The van der Waals surface area contributed by atoms with Gasteiger partial charge in [0.2, 0.25) is 0 Å². The molecule has 0 radical (unpaired) electrons. The molecule has 0 unspecified atom stereocenters. The van der Waals surface area contributed by atoms with Crippen molar-refractivity contribution in [2.45, 2.75) is 45.3 Å². The maximum absolute atomic E-state index is 12.7. The predicted octanol–water partition coefficient (Wildman–Crippen LogP) is 4.92. The van der Waals surface area contributed by atoms with Crippen molar-refractivity contribution in [3.8, 4) is 11.5 Å². The zero-order chi connectivity index (χ0) is 21.3. The molecule has 30 heavy (non-hydrogen) atoms. The van der Waals surface area contributed by atoms with Crippen molar-refractivity contribution in [1.29, 1.82) is 0 Å². The van der Waals surface area contributed by atoms with E-state index in [-0.39, 0.29) is 11.9 Å². The van der Waals surface area contributed by atoms with Crippen LogP contribution in [0.25, 0.3) is 0 Å². The van der Waals surface area contributed by atoms with Crippen LogP contribution in [-0.4, -0.2) is 43.6 Å². The second kappa shape index (κ2) is 11.2. The monoisotopic (exact) mass is 430 g/mol. The molecular weight excluding hydrogens is 400 g/mol. The van der Waals surface area contributed by atoms with E-state index < -0.39 is 0 Å². The third-order valence-corrected chi connectivity index (χ3v) is 5.74. The highest BCUT2D eigenvalue weighted by Gasteiger charge is 2.21. The highest BCUT2D eigenvalue weighted by atomic mass is 35.5. The molecule has 1 amide bonds. The number of methoxy groups -OCH3 is 1. The Balaban J connectivity index is 1.54. The van der Waals surface area contributed by atoms with Crippen LogP contribution in [0.1, 0.15) is 48.5 Å². The standard InChI is InChI=1S/C24H31ClN2O3/c1-3-4-13-27-14-11-21(12-15-27)26-24(28)19-7-10-22(23(16-19)29-2)30-17-18-5-8-20(25)9-6-18/h5-10,16,21H,3-4,11-15,17H2,1-2H3,(H,26,28). The summed E-state index contributed by atoms with van der Waals surface area (Å²) in [6, 6.07) is 13.0. The predicted molar refractivity (Wildman–Crippen MR) is 121 cm³/mol. The Bertz CT molecular complexity index is 818. The van der Waals surface area contributed by atoms with Crippen molar-refractivity contribution < 1.29 is 14.3 Å². The van der Waals surface area contributed by atoms with Gasteiger partial charge in [0.05, 0.1) is 7.11 Å². The number of unbranched alkanes of at least 4 members (excludes halogenated alkanes) is 1. The van der Waals surface area contributed by atoms with Gasteiger partial charge in [-0.3, -0.25) is 4.79 Å². The van der Waals surface area contributed by atoms with Crippen LogP contribution in [0.4, 0.5) is 0 Å². The summed E-state index contributed by atoms with van der Waals surface area (Å²) in [6.45, 7) is 5.87. The number of carbonyl (C=O) groups excluding carboxylic acids is 1. The first kappa shape index (κ1) is 22.4. The average molecular weight is 431 g/mol. The summed E-state index contributed by atoms with van der Waals surface area (Å²) in [5.74, 6) is 1.09. The summed E-state index contributed by atoms with van der Waals surface area (Å²) in [7, 11) is 1.58. The Hall–Kier alpha value is -2.24. The summed E-state index contributed by atoms with van der Waals surface area (Å²) in [6.07, 6.45) is 4.45. The van der Waals surface area contributed by atoms with Gasteiger partial charge in [-0.1, -0.05) is 37.1 Å². The van der Waals surface area contributed by atoms with Crippen LogP contribution in [0.5, 0.6) is 11.5 Å². The first-order chi connectivity index (χ1) is 14.6. The van der Waals surface area contributed by atoms with Gasteiger partial charge in [-0.2, -0.15) is 0 Å². The molecule has 2 aromatic carbocycles. The molecule has 1 saturated heterocycles. The van der Waals surface area contributed by atoms with Gasteiger partial charge in [-0.25, -0.2) is 0 Å². The zero-order valence-corrected chi connectivity index (χ0v) is 18.6. The zero-order valence-electron chi connectivity index (χ0n) is 17.8. The quantitative estimate of drug-likeness (QED) is 0.613. The minimum atomic E-state index is -0.0652. The van der Waals surface area contributed by atoms with E-state index >= 15 is 0 Å². The summed E-state index contributed by atoms with van der Waals surface area (Å²) in [5, 5.41) is 3.86. The van der Waals surface area contributed by atoms with E-state index in [1.165, 1.54) is 12.8 Å². The fraction of sp³-hybridized carbons (Fsp3) is 0.458. The number of nitrogens with zero attached hydrogens (tertiary/aromatic N) is 1. The van der Waals surface area contributed by atoms with Crippen LogP contribution in [0.3, 0.4) is 0 Å². The third kappa shape index (κ3) is 6.38. The number of hydrogen-bond acceptors (Lipinski definition) is 4. The third-order valence-electron chi connectivity index (χ3n) is 5.48. The lowest BCUT2D eigenvalue weighted by molar-refractivity contribution is 0.0910. The van der Waals surface area contributed by atoms with E-state index in [4.69, 9.17) is 21.1 Å². The molecule has 1 heterocycles. The molecule has 0 aliphatic carbocycles. The van der Waals surface area contributed by atoms with E-state index in [1.54, 1.807) is 25.3 Å². The van der Waals surface area contributed by atoms with Gasteiger partial charge in [-0.15, -0.1) is 0 Å². The Morgan fingerprint density at radius 2 is 1.87 bits per heavy atom. The van der Waals surface area contributed by atoms with E-state index in [2.05, 4.69) is 17.1 Å². The summed E-state index contributed by atoms with van der Waals surface area (Å²) >= 11 is 5.92. The second-order valence-electron chi connectivity index (χ2n) is 7.72. The fourth-order valence-corrected chi connectivity index (χ4v) is 3.75. The molecule has 0 spiro atoms. The van der Waals surface area contributed by atoms with Gasteiger partial charge in [0.1, 0.15) is 6.61 Å². The van der Waals surface area contributed by atoms with Gasteiger partial charge in [0.25, 0.3) is 5.91 Å². The van der Waals surface area contributed by atoms with Gasteiger partial charge < -0.3 is 19.7 Å². The first-order valence-electron chi connectivity index (χ1n) is 10.7. The fourth-order valence-electron chi connectivity index (χ4n) is 3.62. The number of carbonyl (C=O) groups is 1. The van der Waals surface area contributed by atoms with Crippen LogP contribution in [0.2, 0.25) is 5.02 Å². The molecule has 1 fully saturated rings. The molecule has 0 saturated carbocycles. The number of rotatable bonds is 9. The van der Waals surface area contributed by atoms with Crippen LogP contribution >= 0.6 is 11.6 Å². The number of nitrogens with one attached hydrogen (secondary N) is 1. The normalized spacial score (nSPS) is 15.0. The summed E-state index contributed by atoms with van der Waals surface area (Å²) < 4.78 is 11.3. The number of ether oxygens (including phenoxy) is 2. The van der Waals surface area contributed by atoms with Gasteiger partial charge >= 0.3 is 0 Å². The molecule has 0 bridgehead atoms. The SMILES string of the molecule is CCCCN1CCC(NC(=O)c2ccc(OCc3ccc(Cl)cc3)c(OC)c2)CC1. The molecule has 1 aliphatic heterocycles. The topological polar surface area (TPSA) is 50.8 Å². The van der Waals surface area contributed by atoms with Crippen molar-refractivity contribution in [3.05, 3.63) is 58.6 Å². The van der Waals surface area contributed by atoms with E-state index in [0.29, 0.717) is 28.7 Å². The smallest absolute Gasteiger partial charge is 0.251 e. The van der Waals surface area contributed by atoms with Crippen molar-refractivity contribution in [1.82, 2.24) is 10.2 Å². The second-order valence-corrected chi connectivity index (χ2v) is 8.16. The van der Waals surface area contributed by atoms with Crippen LogP contribution in [-0.2, 0) is 6.61 Å². The number of likely N-dealkylation sites (tertiary alicyclic amines) is 1. The molecule has 0 atom stereocenters. The number of piperidine rings is 1. The largest absolute Gasteiger partial charge is 0.493 e. The molecule has 3 rings (SSSR count). The number of hydrogen-bond donors (Lipinski definition) is 1. The maximum Gasteiger partial charge on any atom is 0.251 e. The average Bonchev–Trinajstić information content (AvgIpc) is 2.78. The lowest BCUT2D eigenvalue weighted by Gasteiger charge is -2.32. The van der Waals surface area contributed by atoms with Crippen LogP contribution < -0.4 is 14.8 Å². The highest BCUT2D eigenvalue weighted by molar-refractivity contribution is 6.30. The molecule has 5 nitrogen and oxygen atoms in total. The summed E-state index contributed by atoms with van der Waals surface area (Å²) in [4.78, 5) is 15.2. The molecule has 1 N–H and O–H groups in total. The van der Waals surface area contributed by atoms with Crippen molar-refractivity contribution >= 4 is 17.5 Å². The molecule has 1 aliphatic rings. The van der Waals surface area contributed by atoms with Crippen LogP contribution in [0, 0.1) is 0 Å². The minimum absolute atomic E-state index is 0.0652. The minimum Gasteiger partial charge on any atom is -0.493 e. The number of halogens is 1. The highest BCUT2D eigenvalue weighted by Crippen LogP contribution is 2.29. The first-order valence-corrected chi connectivity index (χ1v) is 11.1. The van der Waals surface area contributed by atoms with E-state index in [0.717, 1.165) is 38.0 Å². The Morgan fingerprint density at radius 3 is 2.53 bits per heavy atom. The molecular formula is C24H31ClN2O3. The number of benzene rings is 2. The lowest BCUT2D eigenvalue weighted by Crippen LogP contribution is -2.44. The van der Waals surface area contributed by atoms with Crippen LogP contribution in [0.15, 0.2) is 42.5 Å². The van der Waals surface area contributed by atoms with Crippen molar-refractivity contribution in [2.24, 2.45) is 0 Å².